The van der Waals surface area contributed by atoms with Gasteiger partial charge in [-0.15, -0.1) is 0 Å². The number of phenols is 1. The number of hydrogen-bond acceptors (Lipinski definition) is 5. The highest BCUT2D eigenvalue weighted by Gasteiger charge is 2.39. The Bertz CT molecular complexity index is 888. The van der Waals surface area contributed by atoms with Crippen LogP contribution in [0.25, 0.3) is 0 Å². The average molecular weight is 426 g/mol. The van der Waals surface area contributed by atoms with Crippen LogP contribution < -0.4 is 9.03 Å². The second-order valence-electron chi connectivity index (χ2n) is 6.69. The summed E-state index contributed by atoms with van der Waals surface area (Å²) in [5.41, 5.74) is -0.0472. The predicted octanol–water partition coefficient (Wildman–Crippen LogP) is 1.93. The molecule has 0 aromatic heterocycles. The third-order valence-corrected chi connectivity index (χ3v) is 5.99. The van der Waals surface area contributed by atoms with Crippen molar-refractivity contribution < 1.29 is 40.6 Å². The lowest BCUT2D eigenvalue weighted by Crippen LogP contribution is -2.31. The number of halogens is 4. The van der Waals surface area contributed by atoms with Gasteiger partial charge >= 0.3 is 16.4 Å². The number of nitrogens with one attached hydrogen (secondary N) is 1. The Morgan fingerprint density at radius 2 is 2.07 bits per heavy atom. The van der Waals surface area contributed by atoms with E-state index in [-0.39, 0.29) is 25.0 Å². The summed E-state index contributed by atoms with van der Waals surface area (Å²) in [6.07, 6.45) is -5.22. The number of alkyl halides is 3. The van der Waals surface area contributed by atoms with Gasteiger partial charge in [0.1, 0.15) is 18.0 Å². The van der Waals surface area contributed by atoms with Crippen LogP contribution in [0.4, 0.5) is 23.2 Å². The zero-order valence-corrected chi connectivity index (χ0v) is 15.4. The molecule has 0 radical (unpaired) electrons. The zero-order chi connectivity index (χ0) is 20.7. The lowest BCUT2D eigenvalue weighted by atomic mass is 9.88. The summed E-state index contributed by atoms with van der Waals surface area (Å²) in [6.45, 7) is -0.798. The third kappa shape index (κ3) is 4.32. The van der Waals surface area contributed by atoms with Crippen molar-refractivity contribution in [3.05, 3.63) is 23.0 Å². The topological polar surface area (TPSA) is 95.9 Å². The predicted molar refractivity (Wildman–Crippen MR) is 89.5 cm³/mol. The highest BCUT2D eigenvalue weighted by Crippen LogP contribution is 2.40. The number of phenolic OH excluding ortho intramolecular Hbond substituents is 1. The van der Waals surface area contributed by atoms with Gasteiger partial charge in [-0.1, -0.05) is 0 Å². The van der Waals surface area contributed by atoms with Gasteiger partial charge in [-0.25, -0.2) is 13.4 Å². The monoisotopic (exact) mass is 426 g/mol. The molecule has 7 nitrogen and oxygen atoms in total. The van der Waals surface area contributed by atoms with E-state index in [1.807, 2.05) is 0 Å². The molecule has 1 atom stereocenters. The second-order valence-corrected chi connectivity index (χ2v) is 8.28. The zero-order valence-electron chi connectivity index (χ0n) is 14.6. The average Bonchev–Trinajstić information content (AvgIpc) is 2.83. The minimum absolute atomic E-state index is 0.0235. The molecule has 1 amide bonds. The summed E-state index contributed by atoms with van der Waals surface area (Å²) >= 11 is 0. The van der Waals surface area contributed by atoms with Gasteiger partial charge in [0.05, 0.1) is 6.10 Å². The molecule has 2 N–H and O–H groups in total. The molecule has 1 aliphatic carbocycles. The van der Waals surface area contributed by atoms with Crippen molar-refractivity contribution in [2.45, 2.75) is 44.4 Å². The first-order chi connectivity index (χ1) is 13.0. The molecule has 1 saturated heterocycles. The van der Waals surface area contributed by atoms with Gasteiger partial charge in [0, 0.05) is 19.4 Å². The van der Waals surface area contributed by atoms with E-state index in [1.54, 1.807) is 4.72 Å². The van der Waals surface area contributed by atoms with Crippen molar-refractivity contribution >= 4 is 21.8 Å². The lowest BCUT2D eigenvalue weighted by Gasteiger charge is -2.28. The maximum atomic E-state index is 15.0. The van der Waals surface area contributed by atoms with Crippen molar-refractivity contribution in [3.8, 4) is 5.75 Å². The Kier molecular flexibility index (Phi) is 5.45. The highest BCUT2D eigenvalue weighted by molar-refractivity contribution is 7.92. The molecule has 3 rings (SSSR count). The van der Waals surface area contributed by atoms with Gasteiger partial charge in [-0.05, 0) is 36.5 Å². The molecule has 1 aromatic rings. The van der Waals surface area contributed by atoms with Crippen LogP contribution in [0.15, 0.2) is 6.07 Å². The maximum absolute atomic E-state index is 15.0. The van der Waals surface area contributed by atoms with E-state index in [4.69, 9.17) is 4.74 Å². The van der Waals surface area contributed by atoms with E-state index in [2.05, 4.69) is 0 Å². The van der Waals surface area contributed by atoms with E-state index < -0.39 is 58.6 Å². The first-order valence-electron chi connectivity index (χ1n) is 8.53. The largest absolute Gasteiger partial charge is 0.506 e. The lowest BCUT2D eigenvalue weighted by molar-refractivity contribution is -0.139. The quantitative estimate of drug-likeness (QED) is 0.554. The first-order valence-corrected chi connectivity index (χ1v) is 9.97. The van der Waals surface area contributed by atoms with Gasteiger partial charge in [0.25, 0.3) is 5.91 Å². The first kappa shape index (κ1) is 20.6. The second kappa shape index (κ2) is 7.39. The number of rotatable bonds is 5. The number of carbonyl (C=O) groups excluding carboxylic acids is 1. The minimum atomic E-state index is -4.31. The molecule has 1 aromatic carbocycles. The summed E-state index contributed by atoms with van der Waals surface area (Å²) in [6, 6.07) is 1.24. The molecule has 0 spiro atoms. The van der Waals surface area contributed by atoms with Crippen molar-refractivity contribution in [2.24, 2.45) is 0 Å². The van der Waals surface area contributed by atoms with Crippen molar-refractivity contribution in [1.82, 2.24) is 4.72 Å². The van der Waals surface area contributed by atoms with Crippen molar-refractivity contribution in [3.63, 3.8) is 0 Å². The number of ether oxygens (including phenoxy) is 1. The molecule has 1 aliphatic heterocycles. The van der Waals surface area contributed by atoms with Gasteiger partial charge < -0.3 is 9.84 Å². The summed E-state index contributed by atoms with van der Waals surface area (Å²) in [4.78, 5) is 11.4. The number of aromatic hydroxyl groups is 1. The standard InChI is InChI=1S/C16H18F4N2O5S/c17-14-11-7-10(27-5-1-4-16(18,19)20)3-2-9(11)6-12(23)15(14)22-8-13(24)21-28(22,25)26/h6,10,23H,1-5,7-8H2,(H,21,24). The Morgan fingerprint density at radius 3 is 2.68 bits per heavy atom. The third-order valence-electron chi connectivity index (χ3n) is 4.61. The number of benzene rings is 1. The fourth-order valence-electron chi connectivity index (χ4n) is 3.35. The van der Waals surface area contributed by atoms with E-state index in [0.29, 0.717) is 22.7 Å². The summed E-state index contributed by atoms with van der Waals surface area (Å²) < 4.78 is 83.1. The highest BCUT2D eigenvalue weighted by atomic mass is 32.2. The fourth-order valence-corrected chi connectivity index (χ4v) is 4.52. The molecule has 0 saturated carbocycles. The number of amides is 1. The Balaban J connectivity index is 1.78. The number of nitrogens with zero attached hydrogens (tertiary/aromatic N) is 1. The molecular formula is C16H18F4N2O5S. The summed E-state index contributed by atoms with van der Waals surface area (Å²) in [5, 5.41) is 10.1. The van der Waals surface area contributed by atoms with Crippen molar-refractivity contribution in [2.75, 3.05) is 17.5 Å². The fraction of sp³-hybridized carbons (Fsp3) is 0.562. The maximum Gasteiger partial charge on any atom is 0.389 e. The van der Waals surface area contributed by atoms with Crippen LogP contribution in [0.1, 0.15) is 30.4 Å². The summed E-state index contributed by atoms with van der Waals surface area (Å²) in [7, 11) is -4.31. The van der Waals surface area contributed by atoms with E-state index in [9.17, 15) is 31.5 Å². The van der Waals surface area contributed by atoms with E-state index in [1.165, 1.54) is 6.07 Å². The molecule has 156 valence electrons. The van der Waals surface area contributed by atoms with E-state index in [0.717, 1.165) is 0 Å². The van der Waals surface area contributed by atoms with Crippen LogP contribution >= 0.6 is 0 Å². The van der Waals surface area contributed by atoms with Crippen LogP contribution in [0.3, 0.4) is 0 Å². The normalized spacial score (nSPS) is 21.5. The molecule has 2 aliphatic rings. The SMILES string of the molecule is O=C1CN(c2c(O)cc3c(c2F)CC(OCCCC(F)(F)F)CC3)S(=O)(=O)N1. The number of fused-ring (bicyclic) bond motifs is 1. The Labute approximate surface area is 158 Å². The number of hydrogen-bond donors (Lipinski definition) is 2. The molecule has 12 heteroatoms. The van der Waals surface area contributed by atoms with Crippen LogP contribution in [-0.4, -0.2) is 44.9 Å². The molecule has 28 heavy (non-hydrogen) atoms. The molecular weight excluding hydrogens is 408 g/mol. The van der Waals surface area contributed by atoms with Crippen LogP contribution in [0, 0.1) is 5.82 Å². The van der Waals surface area contributed by atoms with Gasteiger partial charge in [-0.2, -0.15) is 21.6 Å². The number of anilines is 1. The molecule has 0 bridgehead atoms. The van der Waals surface area contributed by atoms with E-state index >= 15 is 4.39 Å². The van der Waals surface area contributed by atoms with Crippen molar-refractivity contribution in [1.29, 1.82) is 0 Å². The smallest absolute Gasteiger partial charge is 0.389 e. The minimum Gasteiger partial charge on any atom is -0.506 e. The molecule has 1 unspecified atom stereocenters. The van der Waals surface area contributed by atoms with Crippen LogP contribution in [0.5, 0.6) is 5.75 Å². The Morgan fingerprint density at radius 1 is 1.36 bits per heavy atom. The van der Waals surface area contributed by atoms with Gasteiger partial charge in [0.15, 0.2) is 5.82 Å². The Hall–Kier alpha value is -2.08. The van der Waals surface area contributed by atoms with Crippen LogP contribution in [0.2, 0.25) is 0 Å². The number of aryl methyl sites for hydroxylation is 1. The number of carbonyl (C=O) groups is 1. The van der Waals surface area contributed by atoms with Gasteiger partial charge in [0.2, 0.25) is 0 Å². The summed E-state index contributed by atoms with van der Waals surface area (Å²) in [5.74, 6) is -2.46. The van der Waals surface area contributed by atoms with Crippen LogP contribution in [-0.2, 0) is 32.6 Å². The molecule has 1 heterocycles. The van der Waals surface area contributed by atoms with Gasteiger partial charge in [-0.3, -0.25) is 4.79 Å². The molecule has 1 fully saturated rings.